The predicted octanol–water partition coefficient (Wildman–Crippen LogP) is 2.43. The van der Waals surface area contributed by atoms with Gasteiger partial charge in [-0.15, -0.1) is 0 Å². The summed E-state index contributed by atoms with van der Waals surface area (Å²) >= 11 is 0. The third kappa shape index (κ3) is 4.82. The second-order valence-electron chi connectivity index (χ2n) is 5.73. The molecule has 0 aliphatic heterocycles. The van der Waals surface area contributed by atoms with Crippen LogP contribution in [0.2, 0.25) is 0 Å². The number of carboxylic acid groups (broad SMARTS) is 1. The van der Waals surface area contributed by atoms with Gasteiger partial charge in [0.15, 0.2) is 0 Å². The number of nitrogens with zero attached hydrogens (tertiary/aromatic N) is 3. The monoisotopic (exact) mass is 317 g/mol. The van der Waals surface area contributed by atoms with E-state index in [1.54, 1.807) is 30.1 Å². The first-order valence-corrected chi connectivity index (χ1v) is 7.64. The zero-order valence-corrected chi connectivity index (χ0v) is 13.7. The summed E-state index contributed by atoms with van der Waals surface area (Å²) in [6.07, 6.45) is 3.66. The maximum absolute atomic E-state index is 11.7. The Labute approximate surface area is 136 Å². The number of carbonyl (C=O) groups is 1. The van der Waals surface area contributed by atoms with Gasteiger partial charge in [0.05, 0.1) is 12.6 Å². The molecule has 0 saturated carbocycles. The molecule has 0 aliphatic rings. The summed E-state index contributed by atoms with van der Waals surface area (Å²) in [5.74, 6) is -0.127. The van der Waals surface area contributed by atoms with Crippen molar-refractivity contribution in [2.45, 2.75) is 32.5 Å². The molecule has 23 heavy (non-hydrogen) atoms. The van der Waals surface area contributed by atoms with E-state index < -0.39 is 12.0 Å². The van der Waals surface area contributed by atoms with Crippen LogP contribution in [0.15, 0.2) is 42.7 Å². The van der Waals surface area contributed by atoms with Crippen LogP contribution in [0.25, 0.3) is 0 Å². The van der Waals surface area contributed by atoms with Crippen LogP contribution in [-0.2, 0) is 11.3 Å². The van der Waals surface area contributed by atoms with E-state index in [4.69, 9.17) is 4.74 Å². The maximum Gasteiger partial charge on any atom is 0.325 e. The third-order valence-electron chi connectivity index (χ3n) is 3.48. The largest absolute Gasteiger partial charge is 0.491 e. The van der Waals surface area contributed by atoms with Crippen LogP contribution in [0, 0.1) is 0 Å². The number of likely N-dealkylation sites (N-methyl/N-ethyl adjacent to an activating group) is 1. The summed E-state index contributed by atoms with van der Waals surface area (Å²) in [6.45, 7) is 5.14. The van der Waals surface area contributed by atoms with E-state index >= 15 is 0 Å². The molecule has 1 aromatic carbocycles. The van der Waals surface area contributed by atoms with Crippen LogP contribution in [0.4, 0.5) is 0 Å². The molecule has 0 radical (unpaired) electrons. The van der Waals surface area contributed by atoms with Crippen molar-refractivity contribution < 1.29 is 14.6 Å². The molecule has 1 aromatic heterocycles. The molecule has 124 valence electrons. The van der Waals surface area contributed by atoms with Gasteiger partial charge in [0.25, 0.3) is 0 Å². The number of hydrogen-bond acceptors (Lipinski definition) is 4. The molecule has 1 atom stereocenters. The summed E-state index contributed by atoms with van der Waals surface area (Å²) in [7, 11) is 1.81. The predicted molar refractivity (Wildman–Crippen MR) is 87.4 cm³/mol. The van der Waals surface area contributed by atoms with Crippen LogP contribution in [0.1, 0.15) is 25.5 Å². The first-order valence-electron chi connectivity index (χ1n) is 7.64. The lowest BCUT2D eigenvalue weighted by molar-refractivity contribution is -0.143. The van der Waals surface area contributed by atoms with Gasteiger partial charge in [0, 0.05) is 18.9 Å². The number of aliphatic carboxylic acids is 1. The molecule has 0 bridgehead atoms. The average Bonchev–Trinajstić information content (AvgIpc) is 2.99. The van der Waals surface area contributed by atoms with Gasteiger partial charge in [-0.2, -0.15) is 5.10 Å². The minimum atomic E-state index is -0.870. The van der Waals surface area contributed by atoms with Crippen molar-refractivity contribution in [1.29, 1.82) is 0 Å². The lowest BCUT2D eigenvalue weighted by atomic mass is 10.1. The first kappa shape index (κ1) is 17.0. The zero-order valence-electron chi connectivity index (χ0n) is 13.7. The summed E-state index contributed by atoms with van der Waals surface area (Å²) in [5, 5.41) is 13.7. The number of benzene rings is 1. The standard InChI is InChI=1S/C17H23N3O3/c1-13(2)23-15-7-5-14(6-8-15)16(17(21)22)19(3)11-12-20-10-4-9-18-20/h4-10,13,16H,11-12H2,1-3H3,(H,21,22)/t16-/m0/s1. The van der Waals surface area contributed by atoms with E-state index in [1.807, 2.05) is 43.1 Å². The molecule has 1 N–H and O–H groups in total. The summed E-state index contributed by atoms with van der Waals surface area (Å²) in [4.78, 5) is 13.5. The third-order valence-corrected chi connectivity index (χ3v) is 3.48. The topological polar surface area (TPSA) is 67.6 Å². The van der Waals surface area contributed by atoms with Gasteiger partial charge in [-0.05, 0) is 44.7 Å². The average molecular weight is 317 g/mol. The van der Waals surface area contributed by atoms with Gasteiger partial charge in [0.2, 0.25) is 0 Å². The van der Waals surface area contributed by atoms with Gasteiger partial charge in [0.1, 0.15) is 11.8 Å². The van der Waals surface area contributed by atoms with Crippen LogP contribution < -0.4 is 4.74 Å². The minimum absolute atomic E-state index is 0.0906. The molecular formula is C17H23N3O3. The Morgan fingerprint density at radius 3 is 2.57 bits per heavy atom. The SMILES string of the molecule is CC(C)Oc1ccc([C@@H](C(=O)O)N(C)CCn2cccn2)cc1. The van der Waals surface area contributed by atoms with Crippen molar-refractivity contribution in [2.24, 2.45) is 0 Å². The van der Waals surface area contributed by atoms with Crippen molar-refractivity contribution in [1.82, 2.24) is 14.7 Å². The van der Waals surface area contributed by atoms with E-state index in [-0.39, 0.29) is 6.10 Å². The fraction of sp³-hybridized carbons (Fsp3) is 0.412. The lowest BCUT2D eigenvalue weighted by Crippen LogP contribution is -2.33. The molecule has 0 unspecified atom stereocenters. The molecule has 2 aromatic rings. The van der Waals surface area contributed by atoms with Crippen LogP contribution >= 0.6 is 0 Å². The molecule has 1 heterocycles. The zero-order chi connectivity index (χ0) is 16.8. The highest BCUT2D eigenvalue weighted by molar-refractivity contribution is 5.75. The highest BCUT2D eigenvalue weighted by atomic mass is 16.5. The van der Waals surface area contributed by atoms with Crippen molar-refractivity contribution >= 4 is 5.97 Å². The fourth-order valence-corrected chi connectivity index (χ4v) is 2.41. The Morgan fingerprint density at radius 2 is 2.04 bits per heavy atom. The molecule has 0 fully saturated rings. The normalized spacial score (nSPS) is 12.6. The molecule has 0 amide bonds. The highest BCUT2D eigenvalue weighted by Gasteiger charge is 2.24. The van der Waals surface area contributed by atoms with Crippen LogP contribution in [-0.4, -0.2) is 45.5 Å². The van der Waals surface area contributed by atoms with E-state index in [0.29, 0.717) is 13.1 Å². The smallest absolute Gasteiger partial charge is 0.325 e. The number of carboxylic acids is 1. The van der Waals surface area contributed by atoms with Gasteiger partial charge in [-0.25, -0.2) is 0 Å². The van der Waals surface area contributed by atoms with Gasteiger partial charge in [-0.1, -0.05) is 12.1 Å². The summed E-state index contributed by atoms with van der Waals surface area (Å²) < 4.78 is 7.38. The molecule has 6 heteroatoms. The fourth-order valence-electron chi connectivity index (χ4n) is 2.41. The van der Waals surface area contributed by atoms with Crippen LogP contribution in [0.3, 0.4) is 0 Å². The summed E-state index contributed by atoms with van der Waals surface area (Å²) in [5.41, 5.74) is 0.733. The first-order chi connectivity index (χ1) is 11.0. The second-order valence-corrected chi connectivity index (χ2v) is 5.73. The molecular weight excluding hydrogens is 294 g/mol. The van der Waals surface area contributed by atoms with Crippen LogP contribution in [0.5, 0.6) is 5.75 Å². The lowest BCUT2D eigenvalue weighted by Gasteiger charge is -2.25. The van der Waals surface area contributed by atoms with Gasteiger partial charge < -0.3 is 9.84 Å². The Morgan fingerprint density at radius 1 is 1.35 bits per heavy atom. The molecule has 0 saturated heterocycles. The van der Waals surface area contributed by atoms with E-state index in [2.05, 4.69) is 5.10 Å². The van der Waals surface area contributed by atoms with Gasteiger partial charge in [-0.3, -0.25) is 14.4 Å². The Balaban J connectivity index is 2.06. The maximum atomic E-state index is 11.7. The molecule has 0 spiro atoms. The second kappa shape index (κ2) is 7.78. The van der Waals surface area contributed by atoms with Crippen molar-refractivity contribution in [2.75, 3.05) is 13.6 Å². The highest BCUT2D eigenvalue weighted by Crippen LogP contribution is 2.23. The van der Waals surface area contributed by atoms with Crippen molar-refractivity contribution in [3.8, 4) is 5.75 Å². The number of aromatic nitrogens is 2. The van der Waals surface area contributed by atoms with E-state index in [1.165, 1.54) is 0 Å². The van der Waals surface area contributed by atoms with Gasteiger partial charge >= 0.3 is 5.97 Å². The van der Waals surface area contributed by atoms with E-state index in [0.717, 1.165) is 11.3 Å². The van der Waals surface area contributed by atoms with Crippen molar-refractivity contribution in [3.05, 3.63) is 48.3 Å². The Hall–Kier alpha value is -2.34. The number of rotatable bonds is 8. The van der Waals surface area contributed by atoms with E-state index in [9.17, 15) is 9.90 Å². The molecule has 2 rings (SSSR count). The summed E-state index contributed by atoms with van der Waals surface area (Å²) in [6, 6.07) is 8.39. The Bertz CT molecular complexity index is 609. The number of hydrogen-bond donors (Lipinski definition) is 1. The molecule has 0 aliphatic carbocycles. The quantitative estimate of drug-likeness (QED) is 0.810. The van der Waals surface area contributed by atoms with Crippen molar-refractivity contribution in [3.63, 3.8) is 0 Å². The number of ether oxygens (including phenoxy) is 1. The molecule has 6 nitrogen and oxygen atoms in total. The Kier molecular flexibility index (Phi) is 5.76. The minimum Gasteiger partial charge on any atom is -0.491 e.